The van der Waals surface area contributed by atoms with Crippen LogP contribution in [0.3, 0.4) is 0 Å². The Labute approximate surface area is 187 Å². The number of amidine groups is 1. The number of aromatic nitrogens is 2. The fourth-order valence-corrected chi connectivity index (χ4v) is 4.94. The van der Waals surface area contributed by atoms with Gasteiger partial charge in [-0.15, -0.1) is 0 Å². The molecule has 3 aromatic rings. The van der Waals surface area contributed by atoms with Crippen LogP contribution < -0.4 is 11.1 Å². The van der Waals surface area contributed by atoms with Crippen LogP contribution in [0, 0.1) is 12.3 Å². The van der Waals surface area contributed by atoms with Gasteiger partial charge in [0.05, 0.1) is 23.0 Å². The van der Waals surface area contributed by atoms with Crippen LogP contribution in [0.5, 0.6) is 0 Å². The topological polar surface area (TPSA) is 111 Å². The Kier molecular flexibility index (Phi) is 5.12. The van der Waals surface area contributed by atoms with Crippen molar-refractivity contribution in [1.29, 1.82) is 5.41 Å². The number of hydrogen-bond donors (Lipinski definition) is 4. The van der Waals surface area contributed by atoms with Crippen molar-refractivity contribution >= 4 is 28.5 Å². The largest absolute Gasteiger partial charge is 0.384 e. The molecule has 5 N–H and O–H groups in total. The number of anilines is 1. The number of aryl methyl sites for hydroxylation is 1. The lowest BCUT2D eigenvalue weighted by atomic mass is 9.89. The molecule has 1 saturated heterocycles. The number of aromatic amines is 1. The third kappa shape index (κ3) is 3.61. The highest BCUT2D eigenvalue weighted by Crippen LogP contribution is 2.51. The van der Waals surface area contributed by atoms with E-state index in [0.29, 0.717) is 18.0 Å². The Morgan fingerprint density at radius 1 is 1.16 bits per heavy atom. The zero-order valence-corrected chi connectivity index (χ0v) is 18.5. The lowest BCUT2D eigenvalue weighted by molar-refractivity contribution is -0.134. The number of amides is 1. The number of nitrogen functional groups attached to an aromatic ring is 1. The highest BCUT2D eigenvalue weighted by molar-refractivity contribution is 5.95. The second kappa shape index (κ2) is 7.97. The van der Waals surface area contributed by atoms with Crippen LogP contribution in [-0.2, 0) is 16.8 Å². The zero-order valence-electron chi connectivity index (χ0n) is 18.5. The summed E-state index contributed by atoms with van der Waals surface area (Å²) in [6.07, 6.45) is 5.33. The van der Waals surface area contributed by atoms with Gasteiger partial charge in [-0.3, -0.25) is 10.2 Å². The predicted octanol–water partition coefficient (Wildman–Crippen LogP) is 3.81. The number of carbonyl (C=O) groups is 1. The number of nitrogens with two attached hydrogens (primary N) is 1. The predicted molar refractivity (Wildman–Crippen MR) is 127 cm³/mol. The Hall–Kier alpha value is -3.35. The fraction of sp³-hybridized carbons (Fsp3) is 0.400. The van der Waals surface area contributed by atoms with Gasteiger partial charge >= 0.3 is 0 Å². The average Bonchev–Trinajstić information content (AvgIpc) is 3.50. The van der Waals surface area contributed by atoms with Crippen LogP contribution in [0.4, 0.5) is 5.69 Å². The van der Waals surface area contributed by atoms with Crippen molar-refractivity contribution in [2.24, 2.45) is 5.73 Å². The van der Waals surface area contributed by atoms with E-state index in [1.165, 1.54) is 6.42 Å². The lowest BCUT2D eigenvalue weighted by Crippen LogP contribution is -2.42. The van der Waals surface area contributed by atoms with Crippen LogP contribution in [0.2, 0.25) is 0 Å². The van der Waals surface area contributed by atoms with E-state index < -0.39 is 0 Å². The maximum absolute atomic E-state index is 13.4. The van der Waals surface area contributed by atoms with Crippen molar-refractivity contribution in [3.8, 4) is 0 Å². The molecule has 32 heavy (non-hydrogen) atoms. The number of rotatable bonds is 6. The van der Waals surface area contributed by atoms with E-state index in [1.54, 1.807) is 0 Å². The molecule has 2 aliphatic rings. The van der Waals surface area contributed by atoms with Gasteiger partial charge in [0.15, 0.2) is 0 Å². The summed E-state index contributed by atoms with van der Waals surface area (Å²) in [6.45, 7) is 4.45. The van der Waals surface area contributed by atoms with E-state index in [1.807, 2.05) is 24.3 Å². The monoisotopic (exact) mass is 430 g/mol. The first kappa shape index (κ1) is 20.5. The Morgan fingerprint density at radius 2 is 1.88 bits per heavy atom. The first-order valence-corrected chi connectivity index (χ1v) is 11.4. The summed E-state index contributed by atoms with van der Waals surface area (Å²) < 4.78 is 0. The second-order valence-electron chi connectivity index (χ2n) is 9.10. The fourth-order valence-electron chi connectivity index (χ4n) is 4.94. The maximum atomic E-state index is 13.4. The van der Waals surface area contributed by atoms with E-state index in [-0.39, 0.29) is 11.3 Å². The van der Waals surface area contributed by atoms with Gasteiger partial charge in [0.25, 0.3) is 0 Å². The number of fused-ring (bicyclic) bond motifs is 1. The van der Waals surface area contributed by atoms with Crippen molar-refractivity contribution in [3.05, 3.63) is 58.9 Å². The molecule has 1 aliphatic heterocycles. The van der Waals surface area contributed by atoms with Crippen LogP contribution in [0.15, 0.2) is 36.4 Å². The quantitative estimate of drug-likeness (QED) is 0.352. The standard InChI is InChI=1S/C25H30N6O/c1-16-19(25(11-12-25)24(32)31-13-3-2-4-14-31)9-10-20-22(16)30-21(29-20)15-28-18-7-5-17(6-8-18)23(26)27/h5-10,28H,2-4,11-15H2,1H3,(H3,26,27)(H,29,30). The molecule has 2 aromatic carbocycles. The van der Waals surface area contributed by atoms with Crippen LogP contribution in [-0.4, -0.2) is 39.7 Å². The highest BCUT2D eigenvalue weighted by Gasteiger charge is 2.53. The second-order valence-corrected chi connectivity index (χ2v) is 9.10. The molecule has 1 aromatic heterocycles. The van der Waals surface area contributed by atoms with Crippen LogP contribution in [0.25, 0.3) is 11.0 Å². The molecule has 7 heteroatoms. The molecule has 0 bridgehead atoms. The van der Waals surface area contributed by atoms with Crippen molar-refractivity contribution in [3.63, 3.8) is 0 Å². The molecular weight excluding hydrogens is 400 g/mol. The van der Waals surface area contributed by atoms with Gasteiger partial charge in [-0.2, -0.15) is 0 Å². The SMILES string of the molecule is Cc1c(C2(C(=O)N3CCCCC3)CC2)ccc2[nH]c(CNc3ccc(C(=N)N)cc3)nc12. The van der Waals surface area contributed by atoms with Gasteiger partial charge in [0.2, 0.25) is 5.91 Å². The summed E-state index contributed by atoms with van der Waals surface area (Å²) in [5.41, 5.74) is 11.0. The van der Waals surface area contributed by atoms with E-state index >= 15 is 0 Å². The summed E-state index contributed by atoms with van der Waals surface area (Å²) in [4.78, 5) is 23.7. The number of likely N-dealkylation sites (tertiary alicyclic amines) is 1. The molecule has 166 valence electrons. The van der Waals surface area contributed by atoms with E-state index in [4.69, 9.17) is 16.1 Å². The summed E-state index contributed by atoms with van der Waals surface area (Å²) >= 11 is 0. The molecule has 1 saturated carbocycles. The smallest absolute Gasteiger partial charge is 0.233 e. The maximum Gasteiger partial charge on any atom is 0.233 e. The van der Waals surface area contributed by atoms with Gasteiger partial charge in [0, 0.05) is 24.3 Å². The van der Waals surface area contributed by atoms with E-state index in [0.717, 1.165) is 72.4 Å². The molecule has 0 unspecified atom stereocenters. The van der Waals surface area contributed by atoms with Crippen LogP contribution in [0.1, 0.15) is 54.6 Å². The number of carbonyl (C=O) groups excluding carboxylic acids is 1. The number of hydrogen-bond acceptors (Lipinski definition) is 4. The summed E-state index contributed by atoms with van der Waals surface area (Å²) in [5, 5.41) is 10.9. The molecule has 1 amide bonds. The molecule has 2 fully saturated rings. The highest BCUT2D eigenvalue weighted by atomic mass is 16.2. The number of benzene rings is 2. The number of nitrogens with zero attached hydrogens (tertiary/aromatic N) is 2. The average molecular weight is 431 g/mol. The molecule has 1 aliphatic carbocycles. The van der Waals surface area contributed by atoms with Gasteiger partial charge < -0.3 is 20.9 Å². The zero-order chi connectivity index (χ0) is 22.3. The van der Waals surface area contributed by atoms with E-state index in [2.05, 4.69) is 34.3 Å². The van der Waals surface area contributed by atoms with Crippen molar-refractivity contribution in [2.45, 2.75) is 51.0 Å². The Morgan fingerprint density at radius 3 is 2.53 bits per heavy atom. The van der Waals surface area contributed by atoms with Gasteiger partial charge in [0.1, 0.15) is 11.7 Å². The molecular formula is C25H30N6O. The van der Waals surface area contributed by atoms with Crippen LogP contribution >= 0.6 is 0 Å². The minimum absolute atomic E-state index is 0.0623. The first-order valence-electron chi connectivity index (χ1n) is 11.4. The third-order valence-electron chi connectivity index (χ3n) is 6.93. The Bertz CT molecular complexity index is 1170. The summed E-state index contributed by atoms with van der Waals surface area (Å²) in [5.74, 6) is 1.22. The molecule has 0 radical (unpaired) electrons. The first-order chi connectivity index (χ1) is 15.5. The number of piperidine rings is 1. The molecule has 5 rings (SSSR count). The number of H-pyrrole nitrogens is 1. The Balaban J connectivity index is 1.35. The summed E-state index contributed by atoms with van der Waals surface area (Å²) in [7, 11) is 0. The number of imidazole rings is 1. The van der Waals surface area contributed by atoms with Crippen molar-refractivity contribution in [2.75, 3.05) is 18.4 Å². The van der Waals surface area contributed by atoms with Gasteiger partial charge in [-0.05, 0) is 80.5 Å². The van der Waals surface area contributed by atoms with Gasteiger partial charge in [-0.25, -0.2) is 4.98 Å². The van der Waals surface area contributed by atoms with E-state index in [9.17, 15) is 4.79 Å². The minimum atomic E-state index is -0.342. The summed E-state index contributed by atoms with van der Waals surface area (Å²) in [6, 6.07) is 11.7. The van der Waals surface area contributed by atoms with Gasteiger partial charge in [-0.1, -0.05) is 6.07 Å². The minimum Gasteiger partial charge on any atom is -0.384 e. The molecule has 7 nitrogen and oxygen atoms in total. The molecule has 2 heterocycles. The normalized spacial score (nSPS) is 17.3. The third-order valence-corrected chi connectivity index (χ3v) is 6.93. The van der Waals surface area contributed by atoms with Crippen molar-refractivity contribution in [1.82, 2.24) is 14.9 Å². The lowest BCUT2D eigenvalue weighted by Gasteiger charge is -2.31. The molecule has 0 spiro atoms. The van der Waals surface area contributed by atoms with Crippen molar-refractivity contribution < 1.29 is 4.79 Å². The molecule has 0 atom stereocenters. The number of nitrogens with one attached hydrogen (secondary N) is 3.